The number of nitrogens with zero attached hydrogens (tertiary/aromatic N) is 2. The maximum atomic E-state index is 13.5. The summed E-state index contributed by atoms with van der Waals surface area (Å²) in [5.74, 6) is 0.463. The van der Waals surface area contributed by atoms with Crippen molar-refractivity contribution < 1.29 is 28.9 Å². The number of rotatable bonds is 7. The summed E-state index contributed by atoms with van der Waals surface area (Å²) in [6.45, 7) is 5.34. The van der Waals surface area contributed by atoms with Crippen LogP contribution in [0.4, 0.5) is 5.69 Å². The average Bonchev–Trinajstić information content (AvgIpc) is 3.18. The van der Waals surface area contributed by atoms with E-state index >= 15 is 0 Å². The van der Waals surface area contributed by atoms with Crippen molar-refractivity contribution in [3.05, 3.63) is 89.0 Å². The summed E-state index contributed by atoms with van der Waals surface area (Å²) in [4.78, 5) is 30.4. The van der Waals surface area contributed by atoms with Gasteiger partial charge < -0.3 is 29.1 Å². The molecule has 1 unspecified atom stereocenters. The van der Waals surface area contributed by atoms with Crippen LogP contribution in [0.25, 0.3) is 5.76 Å². The lowest BCUT2D eigenvalue weighted by atomic mass is 9.94. The third kappa shape index (κ3) is 5.14. The van der Waals surface area contributed by atoms with Gasteiger partial charge in [0, 0.05) is 19.2 Å². The van der Waals surface area contributed by atoms with Gasteiger partial charge in [-0.2, -0.15) is 0 Å². The van der Waals surface area contributed by atoms with E-state index in [0.29, 0.717) is 41.5 Å². The number of carbonyl (C=O) groups excluding carboxylic acids is 2. The number of Topliss-reactive ketones (excluding diaryl/α,β-unsaturated/α-hetero) is 1. The van der Waals surface area contributed by atoms with Gasteiger partial charge in [0.1, 0.15) is 29.6 Å². The van der Waals surface area contributed by atoms with Crippen LogP contribution in [0.1, 0.15) is 36.6 Å². The van der Waals surface area contributed by atoms with Gasteiger partial charge in [0.25, 0.3) is 11.7 Å². The first-order valence-corrected chi connectivity index (χ1v) is 12.9. The van der Waals surface area contributed by atoms with Gasteiger partial charge in [-0.25, -0.2) is 0 Å². The van der Waals surface area contributed by atoms with Gasteiger partial charge in [-0.05, 0) is 67.4 Å². The van der Waals surface area contributed by atoms with Crippen molar-refractivity contribution in [1.82, 2.24) is 4.90 Å². The minimum absolute atomic E-state index is 0.00248. The Labute approximate surface area is 228 Å². The fourth-order valence-corrected chi connectivity index (χ4v) is 4.97. The lowest BCUT2D eigenvalue weighted by Gasteiger charge is -2.28. The molecular formula is C31H32N2O6. The smallest absolute Gasteiger partial charge is 0.295 e. The Morgan fingerprint density at radius 1 is 1.03 bits per heavy atom. The second-order valence-electron chi connectivity index (χ2n) is 9.96. The number of anilines is 1. The van der Waals surface area contributed by atoms with E-state index in [0.717, 1.165) is 11.3 Å². The number of carbonyl (C=O) groups is 2. The Kier molecular flexibility index (Phi) is 7.19. The van der Waals surface area contributed by atoms with Crippen LogP contribution in [0.5, 0.6) is 17.2 Å². The van der Waals surface area contributed by atoms with Gasteiger partial charge in [0.2, 0.25) is 0 Å². The Bertz CT molecular complexity index is 1410. The van der Waals surface area contributed by atoms with Crippen LogP contribution in [-0.2, 0) is 16.1 Å². The lowest BCUT2D eigenvalue weighted by Crippen LogP contribution is -2.29. The summed E-state index contributed by atoms with van der Waals surface area (Å²) >= 11 is 0. The predicted molar refractivity (Wildman–Crippen MR) is 148 cm³/mol. The number of benzene rings is 3. The lowest BCUT2D eigenvalue weighted by molar-refractivity contribution is -0.140. The number of amides is 1. The number of hydrogen-bond donors (Lipinski definition) is 1. The molecule has 1 atom stereocenters. The van der Waals surface area contributed by atoms with Crippen LogP contribution >= 0.6 is 0 Å². The first-order valence-electron chi connectivity index (χ1n) is 12.9. The van der Waals surface area contributed by atoms with Crippen molar-refractivity contribution in [2.45, 2.75) is 32.5 Å². The van der Waals surface area contributed by atoms with Crippen LogP contribution in [0.3, 0.4) is 0 Å². The van der Waals surface area contributed by atoms with E-state index < -0.39 is 17.7 Å². The van der Waals surface area contributed by atoms with Crippen molar-refractivity contribution in [2.75, 3.05) is 32.2 Å². The molecule has 3 aromatic carbocycles. The molecule has 8 heteroatoms. The maximum absolute atomic E-state index is 13.5. The van der Waals surface area contributed by atoms with Crippen molar-refractivity contribution in [3.63, 3.8) is 0 Å². The normalized spacial score (nSPS) is 18.2. The third-order valence-corrected chi connectivity index (χ3v) is 6.95. The average molecular weight is 529 g/mol. The van der Waals surface area contributed by atoms with Crippen LogP contribution < -0.4 is 19.1 Å². The highest BCUT2D eigenvalue weighted by Gasteiger charge is 2.46. The van der Waals surface area contributed by atoms with Crippen LogP contribution in [-0.4, -0.2) is 55.1 Å². The molecule has 1 N–H and O–H groups in total. The van der Waals surface area contributed by atoms with Crippen LogP contribution in [0.15, 0.2) is 72.3 Å². The highest BCUT2D eigenvalue weighted by atomic mass is 16.5. The van der Waals surface area contributed by atoms with Gasteiger partial charge in [-0.15, -0.1) is 0 Å². The van der Waals surface area contributed by atoms with E-state index in [4.69, 9.17) is 14.2 Å². The molecule has 0 aromatic heterocycles. The Balaban J connectivity index is 1.59. The summed E-state index contributed by atoms with van der Waals surface area (Å²) in [5, 5.41) is 11.5. The zero-order valence-electron chi connectivity index (χ0n) is 22.5. The summed E-state index contributed by atoms with van der Waals surface area (Å²) in [6, 6.07) is 19.1. The fourth-order valence-electron chi connectivity index (χ4n) is 4.97. The monoisotopic (exact) mass is 528 g/mol. The molecule has 2 heterocycles. The molecular weight excluding hydrogens is 496 g/mol. The van der Waals surface area contributed by atoms with E-state index in [-0.39, 0.29) is 24.0 Å². The molecule has 2 aliphatic rings. The van der Waals surface area contributed by atoms with E-state index in [1.807, 2.05) is 74.3 Å². The van der Waals surface area contributed by atoms with Gasteiger partial charge in [-0.1, -0.05) is 24.3 Å². The second kappa shape index (κ2) is 10.7. The van der Waals surface area contributed by atoms with Crippen LogP contribution in [0, 0.1) is 0 Å². The van der Waals surface area contributed by atoms with Gasteiger partial charge in [0.15, 0.2) is 0 Å². The number of likely N-dealkylation sites (tertiary alicyclic amines) is 1. The quantitative estimate of drug-likeness (QED) is 0.264. The number of methoxy groups -OCH3 is 1. The van der Waals surface area contributed by atoms with Crippen LogP contribution in [0.2, 0.25) is 0 Å². The molecule has 1 fully saturated rings. The Morgan fingerprint density at radius 2 is 1.72 bits per heavy atom. The highest BCUT2D eigenvalue weighted by molar-refractivity contribution is 6.46. The molecule has 202 valence electrons. The zero-order valence-corrected chi connectivity index (χ0v) is 22.5. The summed E-state index contributed by atoms with van der Waals surface area (Å²) in [7, 11) is 3.53. The standard InChI is InChI=1S/C31H32N2O6/c1-19(2)39-24-12-7-21(8-13-24)28-27(29(34)22-9-14-26-25(17-22)32(3)15-16-38-26)30(35)31(36)33(28)18-20-5-10-23(37-4)11-6-20/h5-14,17,19,28,34H,15-16,18H2,1-4H3/b29-27-. The SMILES string of the molecule is COc1ccc(CN2C(=O)C(=O)/C(=C(\O)c3ccc4c(c3)N(C)CCO4)C2c2ccc(OC(C)C)cc2)cc1. The number of likely N-dealkylation sites (N-methyl/N-ethyl adjacent to an activating group) is 1. The van der Waals surface area contributed by atoms with Crippen molar-refractivity contribution in [3.8, 4) is 17.2 Å². The molecule has 0 saturated carbocycles. The summed E-state index contributed by atoms with van der Waals surface area (Å²) in [6.07, 6.45) is 0.00248. The van der Waals surface area contributed by atoms with Crippen molar-refractivity contribution in [1.29, 1.82) is 0 Å². The number of ketones is 1. The molecule has 2 aliphatic heterocycles. The minimum Gasteiger partial charge on any atom is -0.507 e. The van der Waals surface area contributed by atoms with E-state index in [9.17, 15) is 14.7 Å². The maximum Gasteiger partial charge on any atom is 0.295 e. The molecule has 39 heavy (non-hydrogen) atoms. The zero-order chi connectivity index (χ0) is 27.7. The molecule has 8 nitrogen and oxygen atoms in total. The van der Waals surface area contributed by atoms with E-state index in [2.05, 4.69) is 0 Å². The number of hydrogen-bond acceptors (Lipinski definition) is 7. The molecule has 0 bridgehead atoms. The third-order valence-electron chi connectivity index (χ3n) is 6.95. The largest absolute Gasteiger partial charge is 0.507 e. The summed E-state index contributed by atoms with van der Waals surface area (Å²) < 4.78 is 16.8. The van der Waals surface area contributed by atoms with Gasteiger partial charge in [-0.3, -0.25) is 9.59 Å². The second-order valence-corrected chi connectivity index (χ2v) is 9.96. The Morgan fingerprint density at radius 3 is 2.38 bits per heavy atom. The summed E-state index contributed by atoms with van der Waals surface area (Å²) in [5.41, 5.74) is 2.82. The number of fused-ring (bicyclic) bond motifs is 1. The van der Waals surface area contributed by atoms with Gasteiger partial charge >= 0.3 is 0 Å². The molecule has 0 aliphatic carbocycles. The molecule has 5 rings (SSSR count). The Hall–Kier alpha value is -4.46. The van der Waals surface area contributed by atoms with E-state index in [1.54, 1.807) is 25.3 Å². The first-order chi connectivity index (χ1) is 18.8. The van der Waals surface area contributed by atoms with E-state index in [1.165, 1.54) is 4.90 Å². The number of ether oxygens (including phenoxy) is 3. The molecule has 3 aromatic rings. The molecule has 1 saturated heterocycles. The molecule has 0 radical (unpaired) electrons. The number of aliphatic hydroxyl groups excluding tert-OH is 1. The number of aliphatic hydroxyl groups is 1. The topological polar surface area (TPSA) is 88.5 Å². The molecule has 0 spiro atoms. The highest BCUT2D eigenvalue weighted by Crippen LogP contribution is 2.42. The van der Waals surface area contributed by atoms with Crippen molar-refractivity contribution >= 4 is 23.1 Å². The predicted octanol–water partition coefficient (Wildman–Crippen LogP) is 4.93. The fraction of sp³-hybridized carbons (Fsp3) is 0.290. The van der Waals surface area contributed by atoms with Gasteiger partial charge in [0.05, 0.1) is 37.1 Å². The first kappa shape index (κ1) is 26.2. The minimum atomic E-state index is -0.787. The van der Waals surface area contributed by atoms with Crippen molar-refractivity contribution in [2.24, 2.45) is 0 Å². The molecule has 1 amide bonds.